The lowest BCUT2D eigenvalue weighted by atomic mass is 10.3. The summed E-state index contributed by atoms with van der Waals surface area (Å²) in [6.07, 6.45) is 7.36. The van der Waals surface area contributed by atoms with Gasteiger partial charge in [-0.25, -0.2) is 18.4 Å². The maximum Gasteiger partial charge on any atom is 0.226 e. The van der Waals surface area contributed by atoms with Crippen LogP contribution in [0.1, 0.15) is 18.4 Å². The van der Waals surface area contributed by atoms with Crippen molar-refractivity contribution in [3.05, 3.63) is 18.0 Å². The Balaban J connectivity index is 1.71. The van der Waals surface area contributed by atoms with Gasteiger partial charge in [0.25, 0.3) is 0 Å². The number of nitrogens with zero attached hydrogens (tertiary/aromatic N) is 3. The van der Waals surface area contributed by atoms with Gasteiger partial charge in [-0.3, -0.25) is 0 Å². The first kappa shape index (κ1) is 15.1. The molecule has 6 nitrogen and oxygen atoms in total. The fourth-order valence-corrected chi connectivity index (χ4v) is 5.12. The number of sulfone groups is 1. The average molecular weight is 328 g/mol. The first-order valence-electron chi connectivity index (χ1n) is 7.11. The van der Waals surface area contributed by atoms with Gasteiger partial charge in [0.05, 0.1) is 0 Å². The molecule has 1 saturated carbocycles. The fourth-order valence-electron chi connectivity index (χ4n) is 2.30. The minimum absolute atomic E-state index is 0.515. The van der Waals surface area contributed by atoms with Crippen LogP contribution in [0.4, 0.5) is 5.95 Å². The molecule has 0 radical (unpaired) electrons. The molecule has 1 unspecified atom stereocenters. The highest BCUT2D eigenvalue weighted by Gasteiger charge is 2.32. The zero-order valence-electron chi connectivity index (χ0n) is 12.0. The van der Waals surface area contributed by atoms with Crippen molar-refractivity contribution < 1.29 is 8.42 Å². The van der Waals surface area contributed by atoms with Gasteiger partial charge >= 0.3 is 0 Å². The maximum atomic E-state index is 11.9. The average Bonchev–Trinajstić information content (AvgIpc) is 3.29. The molecule has 116 valence electrons. The van der Waals surface area contributed by atoms with E-state index in [1.54, 1.807) is 24.2 Å². The molecule has 0 amide bonds. The Morgan fingerprint density at radius 3 is 2.71 bits per heavy atom. The number of rotatable bonds is 5. The third-order valence-corrected chi connectivity index (χ3v) is 6.34. The van der Waals surface area contributed by atoms with E-state index >= 15 is 0 Å². The second-order valence-corrected chi connectivity index (χ2v) is 8.95. The molecule has 21 heavy (non-hydrogen) atoms. The van der Waals surface area contributed by atoms with E-state index in [-0.39, 0.29) is 0 Å². The quantitative estimate of drug-likeness (QED) is 0.850. The number of anilines is 1. The van der Waals surface area contributed by atoms with Crippen LogP contribution in [0.3, 0.4) is 0 Å². The molecule has 1 saturated heterocycles. The lowest BCUT2D eigenvalue weighted by molar-refractivity contribution is 0.582. The molecule has 2 heterocycles. The van der Waals surface area contributed by atoms with Gasteiger partial charge < -0.3 is 10.2 Å². The van der Waals surface area contributed by atoms with Crippen LogP contribution in [0, 0.1) is 0 Å². The zero-order chi connectivity index (χ0) is 14.9. The van der Waals surface area contributed by atoms with Crippen molar-refractivity contribution in [1.82, 2.24) is 15.3 Å². The Kier molecular flexibility index (Phi) is 4.37. The smallest absolute Gasteiger partial charge is 0.226 e. The van der Waals surface area contributed by atoms with E-state index in [0.717, 1.165) is 17.9 Å². The summed E-state index contributed by atoms with van der Waals surface area (Å²) in [5.74, 6) is 1.99. The number of aromatic nitrogens is 2. The Hall–Kier alpha value is -0.860. The van der Waals surface area contributed by atoms with Gasteiger partial charge in [-0.15, -0.1) is 0 Å². The van der Waals surface area contributed by atoms with Crippen LogP contribution < -0.4 is 10.2 Å². The summed E-state index contributed by atoms with van der Waals surface area (Å²) in [6, 6.07) is 0.651. The molecule has 1 N–H and O–H groups in total. The number of nitrogens with one attached hydrogen (secondary N) is 1. The molecule has 1 aliphatic carbocycles. The normalized spacial score (nSPS) is 23.3. The maximum absolute atomic E-state index is 11.9. The van der Waals surface area contributed by atoms with Crippen molar-refractivity contribution in [3.8, 4) is 0 Å². The molecule has 8 heteroatoms. The molecule has 0 aromatic carbocycles. The highest BCUT2D eigenvalue weighted by atomic mass is 32.2. The highest BCUT2D eigenvalue weighted by Crippen LogP contribution is 2.24. The monoisotopic (exact) mass is 328 g/mol. The Morgan fingerprint density at radius 2 is 2.10 bits per heavy atom. The molecule has 2 fully saturated rings. The second-order valence-electron chi connectivity index (χ2n) is 5.60. The van der Waals surface area contributed by atoms with Crippen molar-refractivity contribution in [3.63, 3.8) is 0 Å². The number of thioether (sulfide) groups is 1. The molecule has 1 atom stereocenters. The highest BCUT2D eigenvalue weighted by molar-refractivity contribution is 8.01. The van der Waals surface area contributed by atoms with Crippen molar-refractivity contribution >= 4 is 27.5 Å². The standard InChI is InChI=1S/C13H20N4O2S2/c1-21(18,19)12-9-20-5-4-17(12)13-15-7-10(8-16-13)6-14-11-2-3-11/h7-8,11-12,14H,2-6,9H2,1H3. The van der Waals surface area contributed by atoms with Crippen LogP contribution in [0.25, 0.3) is 0 Å². The molecule has 1 aromatic rings. The summed E-state index contributed by atoms with van der Waals surface area (Å²) >= 11 is 1.66. The summed E-state index contributed by atoms with van der Waals surface area (Å²) < 4.78 is 23.8. The van der Waals surface area contributed by atoms with Gasteiger partial charge in [0.1, 0.15) is 5.37 Å². The lowest BCUT2D eigenvalue weighted by Crippen LogP contribution is -2.47. The predicted molar refractivity (Wildman–Crippen MR) is 85.2 cm³/mol. The first-order chi connectivity index (χ1) is 10.0. The van der Waals surface area contributed by atoms with E-state index in [1.165, 1.54) is 19.1 Å². The number of hydrogen-bond donors (Lipinski definition) is 1. The minimum Gasteiger partial charge on any atom is -0.322 e. The van der Waals surface area contributed by atoms with E-state index in [1.807, 2.05) is 4.90 Å². The van der Waals surface area contributed by atoms with Crippen molar-refractivity contribution in [2.45, 2.75) is 30.8 Å². The summed E-state index contributed by atoms with van der Waals surface area (Å²) in [5, 5.41) is 2.89. The van der Waals surface area contributed by atoms with E-state index < -0.39 is 15.2 Å². The van der Waals surface area contributed by atoms with E-state index in [4.69, 9.17) is 0 Å². The second kappa shape index (κ2) is 6.10. The predicted octanol–water partition coefficient (Wildman–Crippen LogP) is 0.652. The Bertz CT molecular complexity index is 587. The zero-order valence-corrected chi connectivity index (χ0v) is 13.7. The van der Waals surface area contributed by atoms with Crippen LogP contribution in [-0.4, -0.2) is 54.1 Å². The summed E-state index contributed by atoms with van der Waals surface area (Å²) in [6.45, 7) is 1.44. The van der Waals surface area contributed by atoms with Crippen LogP contribution >= 0.6 is 11.8 Å². The van der Waals surface area contributed by atoms with E-state index in [9.17, 15) is 8.42 Å². The van der Waals surface area contributed by atoms with Crippen LogP contribution in [0.2, 0.25) is 0 Å². The SMILES string of the molecule is CS(=O)(=O)C1CSCCN1c1ncc(CNC2CC2)cn1. The minimum atomic E-state index is -3.13. The van der Waals surface area contributed by atoms with Crippen molar-refractivity contribution in [2.24, 2.45) is 0 Å². The number of hydrogen-bond acceptors (Lipinski definition) is 7. The molecule has 0 spiro atoms. The van der Waals surface area contributed by atoms with Crippen molar-refractivity contribution in [2.75, 3.05) is 29.2 Å². The van der Waals surface area contributed by atoms with E-state index in [2.05, 4.69) is 15.3 Å². The molecule has 2 aliphatic rings. The molecule has 1 aromatic heterocycles. The van der Waals surface area contributed by atoms with Gasteiger partial charge in [-0.1, -0.05) is 0 Å². The fraction of sp³-hybridized carbons (Fsp3) is 0.692. The molecular weight excluding hydrogens is 308 g/mol. The third kappa shape index (κ3) is 3.87. The van der Waals surface area contributed by atoms with Gasteiger partial charge in [0.15, 0.2) is 9.84 Å². The van der Waals surface area contributed by atoms with E-state index in [0.29, 0.717) is 24.3 Å². The molecule has 3 rings (SSSR count). The molecular formula is C13H20N4O2S2. The lowest BCUT2D eigenvalue weighted by Gasteiger charge is -2.33. The van der Waals surface area contributed by atoms with Crippen LogP contribution in [-0.2, 0) is 16.4 Å². The molecule has 0 bridgehead atoms. The summed E-state index contributed by atoms with van der Waals surface area (Å²) in [7, 11) is -3.13. The topological polar surface area (TPSA) is 75.2 Å². The van der Waals surface area contributed by atoms with Gasteiger partial charge in [0.2, 0.25) is 5.95 Å². The Labute approximate surface area is 129 Å². The molecule has 1 aliphatic heterocycles. The summed E-state index contributed by atoms with van der Waals surface area (Å²) in [4.78, 5) is 10.5. The summed E-state index contributed by atoms with van der Waals surface area (Å²) in [5.41, 5.74) is 1.04. The van der Waals surface area contributed by atoms with Gasteiger partial charge in [-0.05, 0) is 12.8 Å². The largest absolute Gasteiger partial charge is 0.322 e. The third-order valence-electron chi connectivity index (χ3n) is 3.70. The van der Waals surface area contributed by atoms with Crippen molar-refractivity contribution in [1.29, 1.82) is 0 Å². The van der Waals surface area contributed by atoms with Gasteiger partial charge in [0, 0.05) is 54.8 Å². The van der Waals surface area contributed by atoms with Crippen LogP contribution in [0.5, 0.6) is 0 Å². The first-order valence-corrected chi connectivity index (χ1v) is 10.2. The van der Waals surface area contributed by atoms with Crippen LogP contribution in [0.15, 0.2) is 12.4 Å². The van der Waals surface area contributed by atoms with Gasteiger partial charge in [-0.2, -0.15) is 11.8 Å². The Morgan fingerprint density at radius 1 is 1.38 bits per heavy atom.